The van der Waals surface area contributed by atoms with Gasteiger partial charge in [0, 0.05) is 0 Å². The van der Waals surface area contributed by atoms with Gasteiger partial charge in [-0.1, -0.05) is 0 Å². The Kier molecular flexibility index (Phi) is 2.80. The van der Waals surface area contributed by atoms with E-state index >= 15 is 0 Å². The van der Waals surface area contributed by atoms with Gasteiger partial charge in [0.15, 0.2) is 0 Å². The Labute approximate surface area is 64.4 Å². The fourth-order valence-electron chi connectivity index (χ4n) is 1.07. The van der Waals surface area contributed by atoms with Crippen molar-refractivity contribution in [3.05, 3.63) is 0 Å². The predicted molar refractivity (Wildman–Crippen MR) is 36.8 cm³/mol. The van der Waals surface area contributed by atoms with E-state index in [1.54, 1.807) is 0 Å². The minimum atomic E-state index is -0.983. The van der Waals surface area contributed by atoms with Crippen molar-refractivity contribution in [3.8, 4) is 0 Å². The van der Waals surface area contributed by atoms with Crippen molar-refractivity contribution in [3.63, 3.8) is 0 Å². The van der Waals surface area contributed by atoms with Crippen LogP contribution in [0.5, 0.6) is 0 Å². The number of hydrogen-bond donors (Lipinski definition) is 4. The van der Waals surface area contributed by atoms with Crippen LogP contribution < -0.4 is 5.73 Å². The fourth-order valence-corrected chi connectivity index (χ4v) is 1.07. The van der Waals surface area contributed by atoms with E-state index in [9.17, 15) is 5.11 Å². The van der Waals surface area contributed by atoms with Crippen LogP contribution in [-0.4, -0.2) is 52.9 Å². The van der Waals surface area contributed by atoms with Gasteiger partial charge >= 0.3 is 0 Å². The van der Waals surface area contributed by atoms with Gasteiger partial charge < -0.3 is 25.8 Å². The average Bonchev–Trinajstić information content (AvgIpc) is 2.01. The molecule has 1 aliphatic heterocycles. The molecule has 0 saturated carbocycles. The Balaban J connectivity index is 2.52. The summed E-state index contributed by atoms with van der Waals surface area (Å²) < 4.78 is 4.89. The van der Waals surface area contributed by atoms with E-state index < -0.39 is 24.4 Å². The third-order valence-electron chi connectivity index (χ3n) is 1.88. The maximum absolute atomic E-state index is 9.24. The van der Waals surface area contributed by atoms with Gasteiger partial charge in [0.25, 0.3) is 0 Å². The first-order chi connectivity index (χ1) is 5.16. The van der Waals surface area contributed by atoms with Crippen molar-refractivity contribution in [2.24, 2.45) is 5.73 Å². The average molecular weight is 163 g/mol. The smallest absolute Gasteiger partial charge is 0.108 e. The first-order valence-electron chi connectivity index (χ1n) is 3.51. The zero-order valence-electron chi connectivity index (χ0n) is 6.05. The molecule has 1 rings (SSSR count). The van der Waals surface area contributed by atoms with E-state index in [-0.39, 0.29) is 13.2 Å². The van der Waals surface area contributed by atoms with E-state index in [1.165, 1.54) is 0 Å². The molecule has 5 nitrogen and oxygen atoms in total. The monoisotopic (exact) mass is 163 g/mol. The maximum atomic E-state index is 9.24. The number of hydrogen-bond acceptors (Lipinski definition) is 5. The molecule has 0 aromatic carbocycles. The van der Waals surface area contributed by atoms with Crippen molar-refractivity contribution in [1.82, 2.24) is 0 Å². The Hall–Kier alpha value is -0.200. The summed E-state index contributed by atoms with van der Waals surface area (Å²) in [7, 11) is 0. The largest absolute Gasteiger partial charge is 0.394 e. The summed E-state index contributed by atoms with van der Waals surface area (Å²) in [5, 5.41) is 27.0. The highest BCUT2D eigenvalue weighted by atomic mass is 16.5. The minimum Gasteiger partial charge on any atom is -0.394 e. The topological polar surface area (TPSA) is 95.9 Å². The van der Waals surface area contributed by atoms with E-state index in [0.29, 0.717) is 0 Å². The lowest BCUT2D eigenvalue weighted by molar-refractivity contribution is -0.147. The molecule has 1 fully saturated rings. The molecule has 66 valence electrons. The Morgan fingerprint density at radius 2 is 2.09 bits per heavy atom. The van der Waals surface area contributed by atoms with Crippen LogP contribution in [0.3, 0.4) is 0 Å². The number of rotatable bonds is 1. The van der Waals surface area contributed by atoms with Gasteiger partial charge in [0.05, 0.1) is 25.4 Å². The third kappa shape index (κ3) is 1.69. The second-order valence-corrected chi connectivity index (χ2v) is 2.69. The molecule has 0 spiro atoms. The van der Waals surface area contributed by atoms with Gasteiger partial charge in [-0.05, 0) is 0 Å². The molecule has 0 aromatic heterocycles. The van der Waals surface area contributed by atoms with E-state index in [4.69, 9.17) is 20.7 Å². The lowest BCUT2D eigenvalue weighted by atomic mass is 9.99. The molecule has 0 aliphatic carbocycles. The van der Waals surface area contributed by atoms with Crippen LogP contribution in [0.2, 0.25) is 0 Å². The summed E-state index contributed by atoms with van der Waals surface area (Å²) in [5.41, 5.74) is 5.40. The number of ether oxygens (including phenoxy) is 1. The van der Waals surface area contributed by atoms with Crippen LogP contribution in [0, 0.1) is 0 Å². The highest BCUT2D eigenvalue weighted by molar-refractivity contribution is 4.89. The lowest BCUT2D eigenvalue weighted by Gasteiger charge is -2.34. The highest BCUT2D eigenvalue weighted by Crippen LogP contribution is 2.12. The number of aliphatic hydroxyl groups is 3. The van der Waals surface area contributed by atoms with Crippen LogP contribution in [0.15, 0.2) is 0 Å². The van der Waals surface area contributed by atoms with Crippen LogP contribution in [-0.2, 0) is 4.74 Å². The van der Waals surface area contributed by atoms with Crippen molar-refractivity contribution in [2.75, 3.05) is 13.2 Å². The molecule has 5 N–H and O–H groups in total. The summed E-state index contributed by atoms with van der Waals surface area (Å²) in [6.07, 6.45) is -2.48. The van der Waals surface area contributed by atoms with Crippen LogP contribution in [0.4, 0.5) is 0 Å². The van der Waals surface area contributed by atoms with Crippen molar-refractivity contribution in [1.29, 1.82) is 0 Å². The summed E-state index contributed by atoms with van der Waals surface area (Å²) in [6.45, 7) is -0.203. The summed E-state index contributed by atoms with van der Waals surface area (Å²) in [5.74, 6) is 0. The number of aliphatic hydroxyl groups excluding tert-OH is 3. The molecule has 0 radical (unpaired) electrons. The van der Waals surface area contributed by atoms with Crippen LogP contribution in [0.25, 0.3) is 0 Å². The molecule has 0 amide bonds. The summed E-state index contributed by atoms with van der Waals surface area (Å²) in [6, 6.07) is -0.721. The molecule has 1 heterocycles. The Bertz CT molecular complexity index is 130. The standard InChI is InChI=1S/C6H13NO4/c7-5-3(9)2-11-4(1-8)6(5)10/h3-6,8-10H,1-2,7H2/t3-,4+,5+,6+/m0/s1. The molecular formula is C6H13NO4. The first kappa shape index (κ1) is 8.89. The Morgan fingerprint density at radius 1 is 1.45 bits per heavy atom. The van der Waals surface area contributed by atoms with Gasteiger partial charge in [-0.2, -0.15) is 0 Å². The van der Waals surface area contributed by atoms with Gasteiger partial charge in [0.1, 0.15) is 12.2 Å². The normalized spacial score (nSPS) is 45.8. The molecule has 0 aromatic rings. The van der Waals surface area contributed by atoms with Crippen molar-refractivity contribution >= 4 is 0 Å². The van der Waals surface area contributed by atoms with Crippen molar-refractivity contribution < 1.29 is 20.1 Å². The SMILES string of the molecule is N[C@H]1[C@H](O)[C@@H](CO)OC[C@@H]1O. The molecule has 11 heavy (non-hydrogen) atoms. The first-order valence-corrected chi connectivity index (χ1v) is 3.51. The molecular weight excluding hydrogens is 150 g/mol. The van der Waals surface area contributed by atoms with Gasteiger partial charge in [-0.25, -0.2) is 0 Å². The zero-order chi connectivity index (χ0) is 8.43. The molecule has 0 bridgehead atoms. The second-order valence-electron chi connectivity index (χ2n) is 2.69. The summed E-state index contributed by atoms with van der Waals surface area (Å²) in [4.78, 5) is 0. The van der Waals surface area contributed by atoms with E-state index in [2.05, 4.69) is 0 Å². The molecule has 5 heteroatoms. The van der Waals surface area contributed by atoms with Gasteiger partial charge in [-0.15, -0.1) is 0 Å². The molecule has 0 unspecified atom stereocenters. The molecule has 1 saturated heterocycles. The van der Waals surface area contributed by atoms with Crippen LogP contribution in [0.1, 0.15) is 0 Å². The van der Waals surface area contributed by atoms with Crippen molar-refractivity contribution in [2.45, 2.75) is 24.4 Å². The maximum Gasteiger partial charge on any atom is 0.108 e. The van der Waals surface area contributed by atoms with Crippen LogP contribution >= 0.6 is 0 Å². The van der Waals surface area contributed by atoms with Gasteiger partial charge in [-0.3, -0.25) is 0 Å². The quantitative estimate of drug-likeness (QED) is 0.340. The fraction of sp³-hybridized carbons (Fsp3) is 1.00. The van der Waals surface area contributed by atoms with E-state index in [0.717, 1.165) is 0 Å². The zero-order valence-corrected chi connectivity index (χ0v) is 6.05. The third-order valence-corrected chi connectivity index (χ3v) is 1.88. The minimum absolute atomic E-state index is 0.0729. The lowest BCUT2D eigenvalue weighted by Crippen LogP contribution is -2.58. The Morgan fingerprint density at radius 3 is 2.64 bits per heavy atom. The molecule has 1 aliphatic rings. The highest BCUT2D eigenvalue weighted by Gasteiger charge is 2.35. The second kappa shape index (κ2) is 3.46. The predicted octanol–water partition coefficient (Wildman–Crippen LogP) is -2.57. The number of nitrogens with two attached hydrogens (primary N) is 1. The summed E-state index contributed by atoms with van der Waals surface area (Å²) >= 11 is 0. The van der Waals surface area contributed by atoms with Gasteiger partial charge in [0.2, 0.25) is 0 Å². The van der Waals surface area contributed by atoms with E-state index in [1.807, 2.05) is 0 Å². The molecule has 4 atom stereocenters.